The highest BCUT2D eigenvalue weighted by molar-refractivity contribution is 6.42. The van der Waals surface area contributed by atoms with Crippen LogP contribution in [0, 0.1) is 0 Å². The van der Waals surface area contributed by atoms with Crippen LogP contribution in [0.2, 0.25) is 10.0 Å². The number of rotatable bonds is 7. The number of hydrogen-bond donors (Lipinski definition) is 1. The van der Waals surface area contributed by atoms with Crippen molar-refractivity contribution in [3.05, 3.63) is 57.7 Å². The monoisotopic (exact) mass is 451 g/mol. The van der Waals surface area contributed by atoms with Crippen molar-refractivity contribution in [1.29, 1.82) is 0 Å². The van der Waals surface area contributed by atoms with Crippen LogP contribution in [0.15, 0.2) is 42.1 Å². The van der Waals surface area contributed by atoms with Crippen LogP contribution in [0.1, 0.15) is 37.8 Å². The summed E-state index contributed by atoms with van der Waals surface area (Å²) < 4.78 is 5.39. The molecule has 2 amide bonds. The molecule has 1 N–H and O–H groups in total. The molecule has 0 bridgehead atoms. The third-order valence-electron chi connectivity index (χ3n) is 5.34. The summed E-state index contributed by atoms with van der Waals surface area (Å²) in [6.45, 7) is 8.42. The van der Waals surface area contributed by atoms with Crippen LogP contribution in [0.25, 0.3) is 0 Å². The molecule has 2 heterocycles. The van der Waals surface area contributed by atoms with E-state index in [-0.39, 0.29) is 12.6 Å². The average Bonchev–Trinajstić information content (AvgIpc) is 2.73. The largest absolute Gasteiger partial charge is 0.463 e. The molecule has 1 atom stereocenters. The molecule has 2 aliphatic heterocycles. The number of carbonyl (C=O) groups excluding carboxylic acids is 2. The molecule has 30 heavy (non-hydrogen) atoms. The molecule has 1 fully saturated rings. The van der Waals surface area contributed by atoms with Crippen molar-refractivity contribution in [3.8, 4) is 0 Å². The minimum absolute atomic E-state index is 0.239. The van der Waals surface area contributed by atoms with E-state index < -0.39 is 12.0 Å². The van der Waals surface area contributed by atoms with E-state index in [1.165, 1.54) is 6.42 Å². The summed E-state index contributed by atoms with van der Waals surface area (Å²) in [7, 11) is 0. The van der Waals surface area contributed by atoms with E-state index in [4.69, 9.17) is 27.9 Å². The van der Waals surface area contributed by atoms with Gasteiger partial charge in [-0.1, -0.05) is 41.8 Å². The van der Waals surface area contributed by atoms with Gasteiger partial charge >= 0.3 is 12.0 Å². The summed E-state index contributed by atoms with van der Waals surface area (Å²) in [5.74, 6) is -0.449. The molecule has 6 nitrogen and oxygen atoms in total. The van der Waals surface area contributed by atoms with Gasteiger partial charge in [0.05, 0.1) is 28.3 Å². The summed E-state index contributed by atoms with van der Waals surface area (Å²) in [5.41, 5.74) is 1.74. The number of urea groups is 1. The van der Waals surface area contributed by atoms with E-state index in [0.717, 1.165) is 25.9 Å². The van der Waals surface area contributed by atoms with Crippen LogP contribution in [-0.4, -0.2) is 54.6 Å². The normalized spacial score (nSPS) is 20.2. The van der Waals surface area contributed by atoms with Crippen LogP contribution in [0.4, 0.5) is 4.79 Å². The second kappa shape index (κ2) is 10.3. The van der Waals surface area contributed by atoms with Gasteiger partial charge in [0, 0.05) is 18.8 Å². The zero-order valence-corrected chi connectivity index (χ0v) is 18.6. The molecule has 0 spiro atoms. The zero-order valence-electron chi connectivity index (χ0n) is 17.1. The predicted molar refractivity (Wildman–Crippen MR) is 119 cm³/mol. The number of halogens is 2. The number of hydrogen-bond acceptors (Lipinski definition) is 4. The summed E-state index contributed by atoms with van der Waals surface area (Å²) in [4.78, 5) is 29.9. The Kier molecular flexibility index (Phi) is 7.81. The lowest BCUT2D eigenvalue weighted by Crippen LogP contribution is -2.51. The van der Waals surface area contributed by atoms with Crippen LogP contribution in [-0.2, 0) is 9.53 Å². The van der Waals surface area contributed by atoms with Crippen molar-refractivity contribution in [2.45, 2.75) is 32.2 Å². The molecule has 162 valence electrons. The summed E-state index contributed by atoms with van der Waals surface area (Å²) in [5, 5.41) is 3.70. The number of carbonyl (C=O) groups is 2. The van der Waals surface area contributed by atoms with E-state index in [2.05, 4.69) is 16.8 Å². The highest BCUT2D eigenvalue weighted by Gasteiger charge is 2.38. The molecule has 0 aromatic heterocycles. The minimum Gasteiger partial charge on any atom is -0.463 e. The van der Waals surface area contributed by atoms with Gasteiger partial charge in [0.1, 0.15) is 0 Å². The molecule has 0 aliphatic carbocycles. The van der Waals surface area contributed by atoms with Crippen molar-refractivity contribution in [2.75, 3.05) is 32.8 Å². The van der Waals surface area contributed by atoms with E-state index >= 15 is 0 Å². The number of amides is 2. The molecular formula is C22H27Cl2N3O3. The molecule has 0 saturated carbocycles. The highest BCUT2D eigenvalue weighted by Crippen LogP contribution is 2.35. The highest BCUT2D eigenvalue weighted by atomic mass is 35.5. The van der Waals surface area contributed by atoms with Gasteiger partial charge in [0.15, 0.2) is 0 Å². The number of nitrogens with zero attached hydrogens (tertiary/aromatic N) is 2. The number of piperidine rings is 1. The Balaban J connectivity index is 2.11. The van der Waals surface area contributed by atoms with Crippen molar-refractivity contribution in [1.82, 2.24) is 15.1 Å². The molecule has 3 rings (SSSR count). The maximum atomic E-state index is 13.1. The molecule has 1 unspecified atom stereocenters. The van der Waals surface area contributed by atoms with E-state index in [9.17, 15) is 9.59 Å². The third-order valence-corrected chi connectivity index (χ3v) is 6.08. The van der Waals surface area contributed by atoms with Gasteiger partial charge in [-0.05, 0) is 50.6 Å². The van der Waals surface area contributed by atoms with E-state index in [1.807, 2.05) is 0 Å². The SMILES string of the molecule is C=CCN1C(=O)NC(c2ccc(Cl)c(Cl)c2)C(C(=O)OCC)=C1CN1CCCCC1. The van der Waals surface area contributed by atoms with Gasteiger partial charge in [-0.25, -0.2) is 9.59 Å². The fourth-order valence-electron chi connectivity index (χ4n) is 3.92. The Hall–Kier alpha value is -2.02. The van der Waals surface area contributed by atoms with E-state index in [1.54, 1.807) is 36.1 Å². The number of likely N-dealkylation sites (tertiary alicyclic amines) is 1. The van der Waals surface area contributed by atoms with Crippen molar-refractivity contribution in [2.24, 2.45) is 0 Å². The van der Waals surface area contributed by atoms with Crippen LogP contribution in [0.5, 0.6) is 0 Å². The number of nitrogens with one attached hydrogen (secondary N) is 1. The summed E-state index contributed by atoms with van der Waals surface area (Å²) in [6, 6.07) is 4.14. The van der Waals surface area contributed by atoms with Gasteiger partial charge in [-0.15, -0.1) is 6.58 Å². The molecule has 0 radical (unpaired) electrons. The van der Waals surface area contributed by atoms with Crippen molar-refractivity contribution >= 4 is 35.2 Å². The number of benzene rings is 1. The second-order valence-corrected chi connectivity index (χ2v) is 8.19. The Morgan fingerprint density at radius 2 is 2.00 bits per heavy atom. The predicted octanol–water partition coefficient (Wildman–Crippen LogP) is 4.55. The maximum absolute atomic E-state index is 13.1. The zero-order chi connectivity index (χ0) is 21.7. The van der Waals surface area contributed by atoms with Crippen LogP contribution in [0.3, 0.4) is 0 Å². The standard InChI is InChI=1S/C22H27Cl2N3O3/c1-3-10-27-18(14-26-11-6-5-7-12-26)19(21(28)30-4-2)20(25-22(27)29)15-8-9-16(23)17(24)13-15/h3,8-9,13,20H,1,4-7,10-12,14H2,2H3,(H,25,29). The van der Waals surface area contributed by atoms with Gasteiger partial charge < -0.3 is 10.1 Å². The topological polar surface area (TPSA) is 61.9 Å². The van der Waals surface area contributed by atoms with Crippen molar-refractivity contribution in [3.63, 3.8) is 0 Å². The number of ether oxygens (including phenoxy) is 1. The molecule has 1 aromatic carbocycles. The van der Waals surface area contributed by atoms with Gasteiger partial charge in [-0.3, -0.25) is 9.80 Å². The molecule has 1 aromatic rings. The summed E-state index contributed by atoms with van der Waals surface area (Å²) >= 11 is 12.3. The first-order chi connectivity index (χ1) is 14.5. The smallest absolute Gasteiger partial charge is 0.338 e. The Bertz CT molecular complexity index is 850. The van der Waals surface area contributed by atoms with Gasteiger partial charge in [-0.2, -0.15) is 0 Å². The first-order valence-corrected chi connectivity index (χ1v) is 11.0. The van der Waals surface area contributed by atoms with Crippen LogP contribution >= 0.6 is 23.2 Å². The molecule has 8 heteroatoms. The fourth-order valence-corrected chi connectivity index (χ4v) is 4.22. The molecule has 1 saturated heterocycles. The van der Waals surface area contributed by atoms with E-state index in [0.29, 0.717) is 40.0 Å². The molecule has 2 aliphatic rings. The second-order valence-electron chi connectivity index (χ2n) is 7.37. The van der Waals surface area contributed by atoms with Crippen molar-refractivity contribution < 1.29 is 14.3 Å². The maximum Gasteiger partial charge on any atom is 0.338 e. The Morgan fingerprint density at radius 3 is 2.63 bits per heavy atom. The van der Waals surface area contributed by atoms with Gasteiger partial charge in [0.2, 0.25) is 0 Å². The fraction of sp³-hybridized carbons (Fsp3) is 0.455. The van der Waals surface area contributed by atoms with Gasteiger partial charge in [0.25, 0.3) is 0 Å². The first kappa shape index (κ1) is 22.7. The lowest BCUT2D eigenvalue weighted by molar-refractivity contribution is -0.139. The summed E-state index contributed by atoms with van der Waals surface area (Å²) in [6.07, 6.45) is 5.05. The Labute approximate surface area is 187 Å². The number of esters is 1. The lowest BCUT2D eigenvalue weighted by Gasteiger charge is -2.39. The molecular weight excluding hydrogens is 425 g/mol. The lowest BCUT2D eigenvalue weighted by atomic mass is 9.94. The van der Waals surface area contributed by atoms with Crippen LogP contribution < -0.4 is 5.32 Å². The Morgan fingerprint density at radius 1 is 1.27 bits per heavy atom. The average molecular weight is 452 g/mol. The quantitative estimate of drug-likeness (QED) is 0.487. The first-order valence-electron chi connectivity index (χ1n) is 10.2. The minimum atomic E-state index is -0.674. The third kappa shape index (κ3) is 4.99.